The monoisotopic (exact) mass is 451 g/mol. The number of hydrogen-bond acceptors (Lipinski definition) is 6. The first-order valence-electron chi connectivity index (χ1n) is 9.42. The molecule has 1 N–H and O–H groups in total. The number of nitrogens with zero attached hydrogens (tertiary/aromatic N) is 2. The van der Waals surface area contributed by atoms with Crippen LogP contribution in [-0.2, 0) is 16.7 Å². The average molecular weight is 451 g/mol. The second-order valence-corrected chi connectivity index (χ2v) is 7.82. The van der Waals surface area contributed by atoms with E-state index >= 15 is 0 Å². The minimum absolute atomic E-state index is 0.0631. The number of anilines is 1. The molecule has 0 saturated carbocycles. The Kier molecular flexibility index (Phi) is 7.21. The Bertz CT molecular complexity index is 1020. The summed E-state index contributed by atoms with van der Waals surface area (Å²) in [5.74, 6) is 1.04. The molecule has 0 aliphatic heterocycles. The lowest BCUT2D eigenvalue weighted by molar-refractivity contribution is -0.137. The van der Waals surface area contributed by atoms with E-state index in [1.807, 2.05) is 6.92 Å². The van der Waals surface area contributed by atoms with Gasteiger partial charge in [-0.25, -0.2) is 0 Å². The van der Waals surface area contributed by atoms with Crippen molar-refractivity contribution in [3.63, 3.8) is 0 Å². The molecule has 0 aliphatic carbocycles. The third-order valence-electron chi connectivity index (χ3n) is 4.18. The lowest BCUT2D eigenvalue weighted by Gasteiger charge is -2.11. The molecule has 3 aromatic rings. The van der Waals surface area contributed by atoms with Gasteiger partial charge in [-0.15, -0.1) is 11.8 Å². The van der Waals surface area contributed by atoms with E-state index in [9.17, 15) is 18.0 Å². The maximum atomic E-state index is 12.9. The van der Waals surface area contributed by atoms with E-state index in [1.54, 1.807) is 31.2 Å². The number of thioether (sulfide) groups is 1. The van der Waals surface area contributed by atoms with E-state index in [4.69, 9.17) is 9.26 Å². The normalized spacial score (nSPS) is 12.4. The molecule has 6 nitrogen and oxygen atoms in total. The van der Waals surface area contributed by atoms with Crippen LogP contribution >= 0.6 is 11.8 Å². The van der Waals surface area contributed by atoms with Gasteiger partial charge in [0, 0.05) is 11.3 Å². The summed E-state index contributed by atoms with van der Waals surface area (Å²) in [5.41, 5.74) is 0.0620. The first kappa shape index (κ1) is 22.7. The van der Waals surface area contributed by atoms with Crippen molar-refractivity contribution < 1.29 is 27.2 Å². The van der Waals surface area contributed by atoms with Gasteiger partial charge in [0.25, 0.3) is 0 Å². The van der Waals surface area contributed by atoms with Crippen molar-refractivity contribution in [3.05, 3.63) is 60.0 Å². The number of ether oxygens (including phenoxy) is 1. The third kappa shape index (κ3) is 6.24. The van der Waals surface area contributed by atoms with Gasteiger partial charge >= 0.3 is 6.18 Å². The van der Waals surface area contributed by atoms with Crippen LogP contribution in [0.2, 0.25) is 0 Å². The first-order chi connectivity index (χ1) is 14.8. The van der Waals surface area contributed by atoms with Crippen molar-refractivity contribution in [2.45, 2.75) is 31.0 Å². The molecular formula is C21H20F3N3O3S. The van der Waals surface area contributed by atoms with Crippen molar-refractivity contribution in [1.29, 1.82) is 0 Å². The van der Waals surface area contributed by atoms with Crippen molar-refractivity contribution >= 4 is 23.4 Å². The number of alkyl halides is 3. The number of amides is 1. The quantitative estimate of drug-likeness (QED) is 0.493. The molecule has 31 heavy (non-hydrogen) atoms. The van der Waals surface area contributed by atoms with Gasteiger partial charge in [0.05, 0.1) is 23.2 Å². The minimum Gasteiger partial charge on any atom is -0.494 e. The largest absolute Gasteiger partial charge is 0.494 e. The molecule has 1 unspecified atom stereocenters. The van der Waals surface area contributed by atoms with E-state index in [-0.39, 0.29) is 28.9 Å². The molecule has 3 rings (SSSR count). The standard InChI is InChI=1S/C21H20F3N3O3S/c1-3-29-17-9-7-16(8-10-17)25-20(28)13(2)31-12-18-26-19(27-30-18)14-5-4-6-15(11-14)21(22,23)24/h4-11,13H,3,12H2,1-2H3,(H,25,28). The Balaban J connectivity index is 1.55. The molecule has 164 valence electrons. The number of nitrogens with one attached hydrogen (secondary N) is 1. The summed E-state index contributed by atoms with van der Waals surface area (Å²) in [7, 11) is 0. The zero-order valence-electron chi connectivity index (χ0n) is 16.8. The fraction of sp³-hybridized carbons (Fsp3) is 0.286. The molecule has 0 fully saturated rings. The number of rotatable bonds is 8. The lowest BCUT2D eigenvalue weighted by Crippen LogP contribution is -2.22. The van der Waals surface area contributed by atoms with E-state index < -0.39 is 17.0 Å². The Morgan fingerprint density at radius 3 is 2.65 bits per heavy atom. The molecule has 2 aromatic carbocycles. The smallest absolute Gasteiger partial charge is 0.416 e. The van der Waals surface area contributed by atoms with E-state index in [0.29, 0.717) is 12.3 Å². The second kappa shape index (κ2) is 9.86. The van der Waals surface area contributed by atoms with Crippen LogP contribution in [0.15, 0.2) is 53.1 Å². The highest BCUT2D eigenvalue weighted by atomic mass is 32.2. The molecular weight excluding hydrogens is 431 g/mol. The Morgan fingerprint density at radius 2 is 1.97 bits per heavy atom. The molecule has 1 amide bonds. The molecule has 0 saturated heterocycles. The van der Waals surface area contributed by atoms with Crippen molar-refractivity contribution in [3.8, 4) is 17.1 Å². The van der Waals surface area contributed by atoms with E-state index in [2.05, 4.69) is 15.5 Å². The summed E-state index contributed by atoms with van der Waals surface area (Å²) in [4.78, 5) is 16.5. The van der Waals surface area contributed by atoms with Crippen LogP contribution in [0, 0.1) is 0 Å². The average Bonchev–Trinajstić information content (AvgIpc) is 3.22. The van der Waals surface area contributed by atoms with Crippen LogP contribution in [-0.4, -0.2) is 27.9 Å². The van der Waals surface area contributed by atoms with Crippen molar-refractivity contribution in [2.24, 2.45) is 0 Å². The van der Waals surface area contributed by atoms with Crippen LogP contribution in [0.3, 0.4) is 0 Å². The van der Waals surface area contributed by atoms with E-state index in [1.165, 1.54) is 23.9 Å². The van der Waals surface area contributed by atoms with Gasteiger partial charge in [0.1, 0.15) is 5.75 Å². The number of carbonyl (C=O) groups excluding carboxylic acids is 1. The van der Waals surface area contributed by atoms with Gasteiger partial charge in [-0.2, -0.15) is 18.2 Å². The highest BCUT2D eigenvalue weighted by Crippen LogP contribution is 2.31. The zero-order chi connectivity index (χ0) is 22.4. The van der Waals surface area contributed by atoms with Crippen LogP contribution < -0.4 is 10.1 Å². The summed E-state index contributed by atoms with van der Waals surface area (Å²) in [6.45, 7) is 4.18. The maximum Gasteiger partial charge on any atom is 0.416 e. The Hall–Kier alpha value is -3.01. The van der Waals surface area contributed by atoms with Gasteiger partial charge in [0.15, 0.2) is 0 Å². The number of aromatic nitrogens is 2. The van der Waals surface area contributed by atoms with Crippen LogP contribution in [0.1, 0.15) is 25.3 Å². The fourth-order valence-electron chi connectivity index (χ4n) is 2.58. The molecule has 10 heteroatoms. The molecule has 0 aliphatic rings. The minimum atomic E-state index is -4.45. The second-order valence-electron chi connectivity index (χ2n) is 6.49. The molecule has 0 bridgehead atoms. The fourth-order valence-corrected chi connectivity index (χ4v) is 3.30. The highest BCUT2D eigenvalue weighted by Gasteiger charge is 2.30. The topological polar surface area (TPSA) is 77.2 Å². The summed E-state index contributed by atoms with van der Waals surface area (Å²) >= 11 is 1.27. The summed E-state index contributed by atoms with van der Waals surface area (Å²) in [6.07, 6.45) is -4.45. The third-order valence-corrected chi connectivity index (χ3v) is 5.30. The van der Waals surface area contributed by atoms with Crippen LogP contribution in [0.4, 0.5) is 18.9 Å². The molecule has 0 radical (unpaired) electrons. The van der Waals surface area contributed by atoms with Gasteiger partial charge in [-0.1, -0.05) is 17.3 Å². The Morgan fingerprint density at radius 1 is 1.23 bits per heavy atom. The highest BCUT2D eigenvalue weighted by molar-refractivity contribution is 7.99. The number of halogens is 3. The van der Waals surface area contributed by atoms with Gasteiger partial charge in [0.2, 0.25) is 17.6 Å². The predicted molar refractivity (Wildman–Crippen MR) is 112 cm³/mol. The van der Waals surface area contributed by atoms with Crippen molar-refractivity contribution in [1.82, 2.24) is 10.1 Å². The lowest BCUT2D eigenvalue weighted by atomic mass is 10.1. The Labute approximate surface area is 181 Å². The maximum absolute atomic E-state index is 12.9. The molecule has 1 aromatic heterocycles. The molecule has 1 atom stereocenters. The molecule has 0 spiro atoms. The summed E-state index contributed by atoms with van der Waals surface area (Å²) in [5, 5.41) is 6.13. The number of benzene rings is 2. The predicted octanol–water partition coefficient (Wildman–Crippen LogP) is 5.41. The first-order valence-corrected chi connectivity index (χ1v) is 10.5. The number of hydrogen-bond donors (Lipinski definition) is 1. The summed E-state index contributed by atoms with van der Waals surface area (Å²) < 4.78 is 49.1. The van der Waals surface area contributed by atoms with E-state index in [0.717, 1.165) is 17.9 Å². The van der Waals surface area contributed by atoms with Gasteiger partial charge in [-0.05, 0) is 50.2 Å². The number of carbonyl (C=O) groups is 1. The summed E-state index contributed by atoms with van der Waals surface area (Å²) in [6, 6.07) is 11.7. The van der Waals surface area contributed by atoms with Gasteiger partial charge in [-0.3, -0.25) is 4.79 Å². The zero-order valence-corrected chi connectivity index (χ0v) is 17.6. The van der Waals surface area contributed by atoms with Crippen LogP contribution in [0.5, 0.6) is 5.75 Å². The van der Waals surface area contributed by atoms with Crippen LogP contribution in [0.25, 0.3) is 11.4 Å². The SMILES string of the molecule is CCOc1ccc(NC(=O)C(C)SCc2nc(-c3cccc(C(F)(F)F)c3)no2)cc1. The van der Waals surface area contributed by atoms with Crippen molar-refractivity contribution in [2.75, 3.05) is 11.9 Å². The van der Waals surface area contributed by atoms with Gasteiger partial charge < -0.3 is 14.6 Å². The molecule has 1 heterocycles.